The molecule has 0 saturated carbocycles. The zero-order chi connectivity index (χ0) is 9.97. The number of alkyl halides is 1. The molecule has 0 heterocycles. The number of halogens is 1. The van der Waals surface area contributed by atoms with Gasteiger partial charge in [0.05, 0.1) is 4.95 Å². The summed E-state index contributed by atoms with van der Waals surface area (Å²) in [5.74, 6) is 0. The van der Waals surface area contributed by atoms with E-state index < -0.39 is 0 Å². The first-order valence-electron chi connectivity index (χ1n) is 4.62. The van der Waals surface area contributed by atoms with Crippen LogP contribution >= 0.6 is 15.9 Å². The van der Waals surface area contributed by atoms with Crippen molar-refractivity contribution in [2.24, 2.45) is 0 Å². The van der Waals surface area contributed by atoms with E-state index in [1.807, 2.05) is 7.05 Å². The maximum Gasteiger partial charge on any atom is 0.0890 e. The van der Waals surface area contributed by atoms with Crippen molar-refractivity contribution in [2.75, 3.05) is 7.05 Å². The van der Waals surface area contributed by atoms with Gasteiger partial charge >= 0.3 is 0 Å². The largest absolute Gasteiger partial charge is 0.304 e. The van der Waals surface area contributed by atoms with Crippen LogP contribution in [0.4, 0.5) is 0 Å². The molecule has 0 aliphatic rings. The summed E-state index contributed by atoms with van der Waals surface area (Å²) in [6.07, 6.45) is 0. The van der Waals surface area contributed by atoms with E-state index in [-0.39, 0.29) is 4.95 Å². The van der Waals surface area contributed by atoms with Crippen LogP contribution in [0.1, 0.15) is 10.5 Å². The van der Waals surface area contributed by atoms with E-state index >= 15 is 0 Å². The molecule has 2 aromatic carbocycles. The number of benzene rings is 2. The molecule has 0 saturated heterocycles. The van der Waals surface area contributed by atoms with Crippen LogP contribution in [0.3, 0.4) is 0 Å². The molecule has 0 aromatic heterocycles. The molecule has 1 atom stereocenters. The molecule has 2 aromatic rings. The molecule has 0 bridgehead atoms. The molecule has 0 amide bonds. The lowest BCUT2D eigenvalue weighted by Crippen LogP contribution is -2.09. The van der Waals surface area contributed by atoms with E-state index in [0.717, 1.165) is 0 Å². The molecule has 1 nitrogen and oxygen atoms in total. The van der Waals surface area contributed by atoms with Gasteiger partial charge < -0.3 is 5.32 Å². The predicted molar refractivity (Wildman–Crippen MR) is 64.7 cm³/mol. The maximum atomic E-state index is 3.59. The second-order valence-electron chi connectivity index (χ2n) is 3.22. The summed E-state index contributed by atoms with van der Waals surface area (Å²) in [6.45, 7) is 0. The molecule has 2 heteroatoms. The number of nitrogens with one attached hydrogen (secondary N) is 1. The molecule has 2 rings (SSSR count). The fourth-order valence-electron chi connectivity index (χ4n) is 1.63. The van der Waals surface area contributed by atoms with Crippen molar-refractivity contribution in [3.05, 3.63) is 48.0 Å². The Morgan fingerprint density at radius 2 is 1.79 bits per heavy atom. The van der Waals surface area contributed by atoms with Crippen molar-refractivity contribution in [1.29, 1.82) is 0 Å². The van der Waals surface area contributed by atoms with E-state index in [9.17, 15) is 0 Å². The maximum absolute atomic E-state index is 3.59. The van der Waals surface area contributed by atoms with Crippen LogP contribution < -0.4 is 5.32 Å². The summed E-state index contributed by atoms with van der Waals surface area (Å²) >= 11 is 3.59. The molecule has 0 spiro atoms. The van der Waals surface area contributed by atoms with Gasteiger partial charge in [-0.15, -0.1) is 0 Å². The van der Waals surface area contributed by atoms with Gasteiger partial charge in [0.1, 0.15) is 0 Å². The van der Waals surface area contributed by atoms with Gasteiger partial charge in [-0.05, 0) is 23.4 Å². The van der Waals surface area contributed by atoms with Crippen molar-refractivity contribution in [2.45, 2.75) is 4.95 Å². The fraction of sp³-hybridized carbons (Fsp3) is 0.167. The predicted octanol–water partition coefficient (Wildman–Crippen LogP) is 3.45. The molecule has 0 aliphatic carbocycles. The molecule has 0 radical (unpaired) electrons. The number of hydrogen-bond donors (Lipinski definition) is 1. The van der Waals surface area contributed by atoms with Gasteiger partial charge in [-0.3, -0.25) is 0 Å². The minimum absolute atomic E-state index is 0.216. The molecule has 1 unspecified atom stereocenters. The second-order valence-corrected chi connectivity index (χ2v) is 4.14. The standard InChI is InChI=1S/C12H12BrN/c1-14-12(13)11-8-4-6-9-5-2-3-7-10(9)11/h2-8,12,14H,1H3. The molecular weight excluding hydrogens is 238 g/mol. The Kier molecular flexibility index (Phi) is 2.85. The molecule has 72 valence electrons. The lowest BCUT2D eigenvalue weighted by molar-refractivity contribution is 0.814. The summed E-state index contributed by atoms with van der Waals surface area (Å²) < 4.78 is 0. The Labute approximate surface area is 92.3 Å². The van der Waals surface area contributed by atoms with Crippen LogP contribution in [-0.2, 0) is 0 Å². The normalized spacial score (nSPS) is 13.0. The van der Waals surface area contributed by atoms with E-state index in [2.05, 4.69) is 63.7 Å². The van der Waals surface area contributed by atoms with Gasteiger partial charge in [0, 0.05) is 0 Å². The lowest BCUT2D eigenvalue weighted by atomic mass is 10.0. The molecule has 14 heavy (non-hydrogen) atoms. The second kappa shape index (κ2) is 4.11. The first-order valence-corrected chi connectivity index (χ1v) is 5.53. The number of fused-ring (bicyclic) bond motifs is 1. The summed E-state index contributed by atoms with van der Waals surface area (Å²) in [5.41, 5.74) is 1.28. The number of hydrogen-bond acceptors (Lipinski definition) is 1. The van der Waals surface area contributed by atoms with E-state index in [1.165, 1.54) is 16.3 Å². The van der Waals surface area contributed by atoms with Crippen LogP contribution in [-0.4, -0.2) is 7.05 Å². The fourth-order valence-corrected chi connectivity index (χ4v) is 2.03. The summed E-state index contributed by atoms with van der Waals surface area (Å²) in [7, 11) is 1.95. The van der Waals surface area contributed by atoms with E-state index in [4.69, 9.17) is 0 Å². The van der Waals surface area contributed by atoms with E-state index in [0.29, 0.717) is 0 Å². The average Bonchev–Trinajstić information content (AvgIpc) is 2.27. The molecule has 0 fully saturated rings. The Bertz CT molecular complexity index is 434. The number of rotatable bonds is 2. The van der Waals surface area contributed by atoms with Crippen molar-refractivity contribution >= 4 is 26.7 Å². The van der Waals surface area contributed by atoms with Gasteiger partial charge in [0.2, 0.25) is 0 Å². The third kappa shape index (κ3) is 1.68. The van der Waals surface area contributed by atoms with Gasteiger partial charge in [-0.1, -0.05) is 58.4 Å². The van der Waals surface area contributed by atoms with Gasteiger partial charge in [-0.25, -0.2) is 0 Å². The molecule has 0 aliphatic heterocycles. The Morgan fingerprint density at radius 1 is 1.07 bits per heavy atom. The van der Waals surface area contributed by atoms with Crippen LogP contribution in [0.25, 0.3) is 10.8 Å². The molecule has 1 N–H and O–H groups in total. The first kappa shape index (κ1) is 9.69. The Balaban J connectivity index is 2.65. The quantitative estimate of drug-likeness (QED) is 0.635. The van der Waals surface area contributed by atoms with Crippen molar-refractivity contribution in [3.8, 4) is 0 Å². The zero-order valence-corrected chi connectivity index (χ0v) is 9.58. The van der Waals surface area contributed by atoms with Gasteiger partial charge in [-0.2, -0.15) is 0 Å². The average molecular weight is 250 g/mol. The van der Waals surface area contributed by atoms with Crippen LogP contribution in [0.15, 0.2) is 42.5 Å². The Morgan fingerprint density at radius 3 is 2.57 bits per heavy atom. The van der Waals surface area contributed by atoms with Crippen LogP contribution in [0, 0.1) is 0 Å². The van der Waals surface area contributed by atoms with Crippen LogP contribution in [0.5, 0.6) is 0 Å². The highest BCUT2D eigenvalue weighted by Crippen LogP contribution is 2.27. The molecular formula is C12H12BrN. The van der Waals surface area contributed by atoms with Gasteiger partial charge in [0.25, 0.3) is 0 Å². The summed E-state index contributed by atoms with van der Waals surface area (Å²) in [5, 5.41) is 5.77. The SMILES string of the molecule is CNC(Br)c1cccc2ccccc12. The van der Waals surface area contributed by atoms with Gasteiger partial charge in [0.15, 0.2) is 0 Å². The summed E-state index contributed by atoms with van der Waals surface area (Å²) in [4.78, 5) is 0.216. The van der Waals surface area contributed by atoms with Crippen molar-refractivity contribution in [1.82, 2.24) is 5.32 Å². The first-order chi connectivity index (χ1) is 6.83. The third-order valence-corrected chi connectivity index (χ3v) is 3.30. The lowest BCUT2D eigenvalue weighted by Gasteiger charge is -2.11. The zero-order valence-electron chi connectivity index (χ0n) is 8.00. The van der Waals surface area contributed by atoms with Crippen LogP contribution in [0.2, 0.25) is 0 Å². The monoisotopic (exact) mass is 249 g/mol. The smallest absolute Gasteiger partial charge is 0.0890 e. The highest BCUT2D eigenvalue weighted by atomic mass is 79.9. The third-order valence-electron chi connectivity index (χ3n) is 2.35. The highest BCUT2D eigenvalue weighted by Gasteiger charge is 2.07. The topological polar surface area (TPSA) is 12.0 Å². The van der Waals surface area contributed by atoms with Crippen molar-refractivity contribution in [3.63, 3.8) is 0 Å². The minimum Gasteiger partial charge on any atom is -0.304 e. The van der Waals surface area contributed by atoms with E-state index in [1.54, 1.807) is 0 Å². The highest BCUT2D eigenvalue weighted by molar-refractivity contribution is 9.09. The summed E-state index contributed by atoms with van der Waals surface area (Å²) in [6, 6.07) is 14.8. The minimum atomic E-state index is 0.216. The van der Waals surface area contributed by atoms with Crippen molar-refractivity contribution < 1.29 is 0 Å². The Hall–Kier alpha value is -0.860.